The lowest BCUT2D eigenvalue weighted by molar-refractivity contribution is -0.145. The first-order valence-electron chi connectivity index (χ1n) is 7.26. The molecular weight excluding hydrogens is 266 g/mol. The normalized spacial score (nSPS) is 12.1. The van der Waals surface area contributed by atoms with Crippen molar-refractivity contribution in [2.45, 2.75) is 46.6 Å². The zero-order chi connectivity index (χ0) is 16.0. The Morgan fingerprint density at radius 1 is 1.19 bits per heavy atom. The molecule has 0 unspecified atom stereocenters. The van der Waals surface area contributed by atoms with Crippen molar-refractivity contribution in [2.75, 3.05) is 7.11 Å². The fourth-order valence-electron chi connectivity index (χ4n) is 2.13. The summed E-state index contributed by atoms with van der Waals surface area (Å²) in [5.41, 5.74) is 3.39. The molecule has 4 heteroatoms. The van der Waals surface area contributed by atoms with Crippen LogP contribution in [-0.2, 0) is 20.7 Å². The number of benzene rings is 1. The Bertz CT molecular complexity index is 509. The maximum absolute atomic E-state index is 11.9. The van der Waals surface area contributed by atoms with Gasteiger partial charge in [-0.1, -0.05) is 32.0 Å². The second-order valence-electron chi connectivity index (χ2n) is 5.86. The molecule has 1 rings (SSSR count). The van der Waals surface area contributed by atoms with Crippen LogP contribution < -0.4 is 5.32 Å². The number of hydrogen-bond donors (Lipinski definition) is 1. The fraction of sp³-hybridized carbons (Fsp3) is 0.529. The van der Waals surface area contributed by atoms with Gasteiger partial charge in [0.05, 0.1) is 7.11 Å². The van der Waals surface area contributed by atoms with Crippen LogP contribution in [0.4, 0.5) is 0 Å². The summed E-state index contributed by atoms with van der Waals surface area (Å²) in [6, 6.07) is 5.41. The molecule has 1 aromatic carbocycles. The monoisotopic (exact) mass is 291 g/mol. The van der Waals surface area contributed by atoms with Crippen molar-refractivity contribution >= 4 is 11.9 Å². The summed E-state index contributed by atoms with van der Waals surface area (Å²) < 4.78 is 4.79. The van der Waals surface area contributed by atoms with Crippen molar-refractivity contribution in [3.8, 4) is 0 Å². The standard InChI is InChI=1S/C17H25NO3/c1-11(2)8-16(19)18-15(17(20)21-5)10-14-7-6-12(3)13(4)9-14/h6-7,9,11,15H,8,10H2,1-5H3,(H,18,19)/t15-/m1/s1. The smallest absolute Gasteiger partial charge is 0.328 e. The van der Waals surface area contributed by atoms with Crippen LogP contribution in [0.5, 0.6) is 0 Å². The molecule has 21 heavy (non-hydrogen) atoms. The van der Waals surface area contributed by atoms with Crippen LogP contribution in [-0.4, -0.2) is 25.0 Å². The first-order valence-corrected chi connectivity index (χ1v) is 7.26. The van der Waals surface area contributed by atoms with E-state index >= 15 is 0 Å². The molecule has 0 spiro atoms. The third-order valence-electron chi connectivity index (χ3n) is 3.43. The lowest BCUT2D eigenvalue weighted by Gasteiger charge is -2.18. The molecule has 0 heterocycles. The van der Waals surface area contributed by atoms with E-state index < -0.39 is 12.0 Å². The molecule has 116 valence electrons. The van der Waals surface area contributed by atoms with Gasteiger partial charge in [0.25, 0.3) is 0 Å². The molecule has 1 N–H and O–H groups in total. The van der Waals surface area contributed by atoms with Crippen LogP contribution in [0.3, 0.4) is 0 Å². The summed E-state index contributed by atoms with van der Waals surface area (Å²) in [6.07, 6.45) is 0.845. The molecule has 0 saturated carbocycles. The second-order valence-corrected chi connectivity index (χ2v) is 5.86. The van der Waals surface area contributed by atoms with Gasteiger partial charge in [-0.15, -0.1) is 0 Å². The van der Waals surface area contributed by atoms with Gasteiger partial charge in [0, 0.05) is 12.8 Å². The van der Waals surface area contributed by atoms with Crippen LogP contribution in [0.2, 0.25) is 0 Å². The highest BCUT2D eigenvalue weighted by molar-refractivity contribution is 5.84. The molecule has 1 atom stereocenters. The molecule has 4 nitrogen and oxygen atoms in total. The first kappa shape index (κ1) is 17.2. The van der Waals surface area contributed by atoms with E-state index in [1.54, 1.807) is 0 Å². The zero-order valence-corrected chi connectivity index (χ0v) is 13.5. The minimum absolute atomic E-state index is 0.121. The number of amides is 1. The molecule has 0 aromatic heterocycles. The predicted molar refractivity (Wildman–Crippen MR) is 83.0 cm³/mol. The van der Waals surface area contributed by atoms with E-state index in [4.69, 9.17) is 4.74 Å². The van der Waals surface area contributed by atoms with E-state index in [9.17, 15) is 9.59 Å². The summed E-state index contributed by atoms with van der Waals surface area (Å²) in [5, 5.41) is 2.77. The number of ether oxygens (including phenoxy) is 1. The van der Waals surface area contributed by atoms with E-state index in [0.29, 0.717) is 12.8 Å². The molecule has 0 bridgehead atoms. The summed E-state index contributed by atoms with van der Waals surface area (Å²) in [5.74, 6) is -0.278. The van der Waals surface area contributed by atoms with Gasteiger partial charge in [-0.25, -0.2) is 4.79 Å². The molecule has 0 aliphatic carbocycles. The van der Waals surface area contributed by atoms with E-state index in [1.807, 2.05) is 45.9 Å². The Labute approximate surface area is 126 Å². The predicted octanol–water partition coefficient (Wildman–Crippen LogP) is 2.55. The maximum Gasteiger partial charge on any atom is 0.328 e. The molecule has 0 aliphatic rings. The Morgan fingerprint density at radius 2 is 1.86 bits per heavy atom. The highest BCUT2D eigenvalue weighted by atomic mass is 16.5. The second kappa shape index (κ2) is 7.81. The van der Waals surface area contributed by atoms with Gasteiger partial charge in [0.15, 0.2) is 0 Å². The van der Waals surface area contributed by atoms with E-state index in [0.717, 1.165) is 5.56 Å². The van der Waals surface area contributed by atoms with Gasteiger partial charge >= 0.3 is 5.97 Å². The minimum Gasteiger partial charge on any atom is -0.467 e. The summed E-state index contributed by atoms with van der Waals surface area (Å²) in [4.78, 5) is 23.7. The summed E-state index contributed by atoms with van der Waals surface area (Å²) in [6.45, 7) is 8.01. The molecule has 1 aromatic rings. The Balaban J connectivity index is 2.80. The molecular formula is C17H25NO3. The van der Waals surface area contributed by atoms with E-state index in [-0.39, 0.29) is 11.8 Å². The fourth-order valence-corrected chi connectivity index (χ4v) is 2.13. The number of rotatable bonds is 6. The number of nitrogens with one attached hydrogen (secondary N) is 1. The van der Waals surface area contributed by atoms with Gasteiger partial charge < -0.3 is 10.1 Å². The lowest BCUT2D eigenvalue weighted by Crippen LogP contribution is -2.43. The van der Waals surface area contributed by atoms with Crippen molar-refractivity contribution in [1.29, 1.82) is 0 Å². The summed E-state index contributed by atoms with van der Waals surface area (Å²) >= 11 is 0. The van der Waals surface area contributed by atoms with Crippen molar-refractivity contribution < 1.29 is 14.3 Å². The quantitative estimate of drug-likeness (QED) is 0.820. The molecule has 0 saturated heterocycles. The van der Waals surface area contributed by atoms with Crippen LogP contribution in [0.1, 0.15) is 37.0 Å². The Kier molecular flexibility index (Phi) is 6.40. The van der Waals surface area contributed by atoms with Crippen molar-refractivity contribution in [2.24, 2.45) is 5.92 Å². The molecule has 0 radical (unpaired) electrons. The third kappa shape index (κ3) is 5.58. The van der Waals surface area contributed by atoms with Crippen molar-refractivity contribution in [3.63, 3.8) is 0 Å². The Morgan fingerprint density at radius 3 is 2.38 bits per heavy atom. The van der Waals surface area contributed by atoms with Crippen LogP contribution in [0.25, 0.3) is 0 Å². The SMILES string of the molecule is COC(=O)[C@@H](Cc1ccc(C)c(C)c1)NC(=O)CC(C)C. The summed E-state index contributed by atoms with van der Waals surface area (Å²) in [7, 11) is 1.34. The number of carbonyl (C=O) groups is 2. The van der Waals surface area contributed by atoms with E-state index in [2.05, 4.69) is 5.32 Å². The Hall–Kier alpha value is -1.84. The van der Waals surface area contributed by atoms with Crippen LogP contribution in [0, 0.1) is 19.8 Å². The third-order valence-corrected chi connectivity index (χ3v) is 3.43. The van der Waals surface area contributed by atoms with E-state index in [1.165, 1.54) is 18.2 Å². The van der Waals surface area contributed by atoms with Gasteiger partial charge in [-0.3, -0.25) is 4.79 Å². The highest BCUT2D eigenvalue weighted by Crippen LogP contribution is 2.12. The number of aryl methyl sites for hydroxylation is 2. The minimum atomic E-state index is -0.636. The van der Waals surface area contributed by atoms with Gasteiger partial charge in [0.1, 0.15) is 6.04 Å². The molecule has 0 aliphatic heterocycles. The first-order chi connectivity index (χ1) is 9.83. The van der Waals surface area contributed by atoms with Gasteiger partial charge in [-0.05, 0) is 36.5 Å². The zero-order valence-electron chi connectivity index (χ0n) is 13.5. The molecule has 1 amide bonds. The van der Waals surface area contributed by atoms with Gasteiger partial charge in [0.2, 0.25) is 5.91 Å². The molecule has 0 fully saturated rings. The lowest BCUT2D eigenvalue weighted by atomic mass is 10.0. The maximum atomic E-state index is 11.9. The van der Waals surface area contributed by atoms with Crippen LogP contribution >= 0.6 is 0 Å². The number of esters is 1. The highest BCUT2D eigenvalue weighted by Gasteiger charge is 2.22. The van der Waals surface area contributed by atoms with Crippen molar-refractivity contribution in [1.82, 2.24) is 5.32 Å². The largest absolute Gasteiger partial charge is 0.467 e. The average Bonchev–Trinajstić information content (AvgIpc) is 2.40. The average molecular weight is 291 g/mol. The van der Waals surface area contributed by atoms with Crippen LogP contribution in [0.15, 0.2) is 18.2 Å². The topological polar surface area (TPSA) is 55.4 Å². The number of carbonyl (C=O) groups excluding carboxylic acids is 2. The number of methoxy groups -OCH3 is 1. The van der Waals surface area contributed by atoms with Gasteiger partial charge in [-0.2, -0.15) is 0 Å². The van der Waals surface area contributed by atoms with Crippen molar-refractivity contribution in [3.05, 3.63) is 34.9 Å². The number of hydrogen-bond acceptors (Lipinski definition) is 3.